The number of amides is 1. The Morgan fingerprint density at radius 2 is 2.17 bits per heavy atom. The Hall–Kier alpha value is -1.88. The molecule has 0 spiro atoms. The monoisotopic (exact) mass is 262 g/mol. The van der Waals surface area contributed by atoms with E-state index in [1.807, 2.05) is 19.9 Å². The highest BCUT2D eigenvalue weighted by atomic mass is 32.1. The summed E-state index contributed by atoms with van der Waals surface area (Å²) in [4.78, 5) is 17.3. The Morgan fingerprint density at radius 1 is 1.39 bits per heavy atom. The molecule has 2 rings (SSSR count). The molecular weight excluding hydrogens is 248 g/mol. The van der Waals surface area contributed by atoms with Crippen molar-refractivity contribution in [1.29, 1.82) is 0 Å². The number of anilines is 1. The quantitative estimate of drug-likeness (QED) is 0.925. The van der Waals surface area contributed by atoms with Gasteiger partial charge in [-0.25, -0.2) is 4.98 Å². The van der Waals surface area contributed by atoms with E-state index in [0.29, 0.717) is 16.4 Å². The fourth-order valence-electron chi connectivity index (χ4n) is 1.58. The summed E-state index contributed by atoms with van der Waals surface area (Å²) in [6.45, 7) is 3.88. The maximum Gasteiger partial charge on any atom is 0.261 e. The molecule has 0 unspecified atom stereocenters. The summed E-state index contributed by atoms with van der Waals surface area (Å²) in [5.41, 5.74) is 1.53. The van der Waals surface area contributed by atoms with Crippen molar-refractivity contribution >= 4 is 22.4 Å². The topological polar surface area (TPSA) is 51.2 Å². The second-order valence-corrected chi connectivity index (χ2v) is 5.17. The van der Waals surface area contributed by atoms with Gasteiger partial charge in [-0.2, -0.15) is 0 Å². The number of hydrogen-bond acceptors (Lipinski definition) is 4. The molecule has 4 nitrogen and oxygen atoms in total. The van der Waals surface area contributed by atoms with Gasteiger partial charge in [0.25, 0.3) is 5.91 Å². The number of hydrogen-bond donors (Lipinski definition) is 1. The van der Waals surface area contributed by atoms with Gasteiger partial charge in [0.15, 0.2) is 5.13 Å². The zero-order valence-electron chi connectivity index (χ0n) is 10.5. The molecule has 0 aliphatic rings. The first-order valence-electron chi connectivity index (χ1n) is 5.48. The van der Waals surface area contributed by atoms with Crippen molar-refractivity contribution in [2.45, 2.75) is 13.8 Å². The second kappa shape index (κ2) is 5.18. The van der Waals surface area contributed by atoms with E-state index >= 15 is 0 Å². The number of aromatic nitrogens is 1. The normalized spacial score (nSPS) is 10.2. The molecule has 5 heteroatoms. The first kappa shape index (κ1) is 12.6. The average molecular weight is 262 g/mol. The predicted molar refractivity (Wildman–Crippen MR) is 72.5 cm³/mol. The summed E-state index contributed by atoms with van der Waals surface area (Å²) in [7, 11) is 1.55. The van der Waals surface area contributed by atoms with Gasteiger partial charge in [0, 0.05) is 11.1 Å². The lowest BCUT2D eigenvalue weighted by atomic mass is 10.1. The number of nitrogens with one attached hydrogen (secondary N) is 1. The highest BCUT2D eigenvalue weighted by Gasteiger charge is 2.13. The van der Waals surface area contributed by atoms with Gasteiger partial charge in [-0.05, 0) is 26.0 Å². The van der Waals surface area contributed by atoms with Crippen LogP contribution < -0.4 is 10.1 Å². The molecule has 1 heterocycles. The SMILES string of the molecule is COc1ccc(C)cc1C(=O)Nc1ncc(C)s1. The van der Waals surface area contributed by atoms with E-state index in [2.05, 4.69) is 10.3 Å². The number of methoxy groups -OCH3 is 1. The van der Waals surface area contributed by atoms with Crippen LogP contribution in [0.2, 0.25) is 0 Å². The van der Waals surface area contributed by atoms with Crippen molar-refractivity contribution in [3.63, 3.8) is 0 Å². The lowest BCUT2D eigenvalue weighted by Crippen LogP contribution is -2.13. The van der Waals surface area contributed by atoms with E-state index in [4.69, 9.17) is 4.74 Å². The standard InChI is InChI=1S/C13H14N2O2S/c1-8-4-5-11(17-3)10(6-8)12(16)15-13-14-7-9(2)18-13/h4-7H,1-3H3,(H,14,15,16). The maximum absolute atomic E-state index is 12.1. The van der Waals surface area contributed by atoms with E-state index in [9.17, 15) is 4.79 Å². The zero-order valence-corrected chi connectivity index (χ0v) is 11.3. The molecule has 1 amide bonds. The van der Waals surface area contributed by atoms with Gasteiger partial charge in [-0.1, -0.05) is 11.6 Å². The Kier molecular flexibility index (Phi) is 3.62. The minimum absolute atomic E-state index is 0.204. The predicted octanol–water partition coefficient (Wildman–Crippen LogP) is 3.02. The molecule has 0 aliphatic carbocycles. The Morgan fingerprint density at radius 3 is 2.78 bits per heavy atom. The minimum Gasteiger partial charge on any atom is -0.496 e. The van der Waals surface area contributed by atoms with Crippen molar-refractivity contribution in [2.75, 3.05) is 12.4 Å². The number of carbonyl (C=O) groups excluding carboxylic acids is 1. The highest BCUT2D eigenvalue weighted by molar-refractivity contribution is 7.15. The van der Waals surface area contributed by atoms with Crippen LogP contribution in [0.15, 0.2) is 24.4 Å². The molecule has 94 valence electrons. The molecule has 0 fully saturated rings. The molecule has 1 aromatic carbocycles. The molecule has 0 radical (unpaired) electrons. The fraction of sp³-hybridized carbons (Fsp3) is 0.231. The zero-order chi connectivity index (χ0) is 13.1. The van der Waals surface area contributed by atoms with Crippen molar-refractivity contribution < 1.29 is 9.53 Å². The Bertz CT molecular complexity index is 578. The summed E-state index contributed by atoms with van der Waals surface area (Å²) in [6, 6.07) is 5.50. The van der Waals surface area contributed by atoms with Crippen LogP contribution >= 0.6 is 11.3 Å². The molecule has 0 saturated heterocycles. The highest BCUT2D eigenvalue weighted by Crippen LogP contribution is 2.22. The van der Waals surface area contributed by atoms with Gasteiger partial charge in [0.1, 0.15) is 5.75 Å². The third-order valence-electron chi connectivity index (χ3n) is 2.44. The number of thiazole rings is 1. The van der Waals surface area contributed by atoms with Gasteiger partial charge in [0.2, 0.25) is 0 Å². The molecule has 0 atom stereocenters. The smallest absolute Gasteiger partial charge is 0.261 e. The van der Waals surface area contributed by atoms with Gasteiger partial charge < -0.3 is 4.74 Å². The number of rotatable bonds is 3. The number of nitrogens with zero attached hydrogens (tertiary/aromatic N) is 1. The molecule has 1 aromatic heterocycles. The molecule has 0 bridgehead atoms. The van der Waals surface area contributed by atoms with Crippen LogP contribution in [0.5, 0.6) is 5.75 Å². The second-order valence-electron chi connectivity index (χ2n) is 3.93. The molecule has 18 heavy (non-hydrogen) atoms. The van der Waals surface area contributed by atoms with Crippen LogP contribution in [0.1, 0.15) is 20.8 Å². The summed E-state index contributed by atoms with van der Waals surface area (Å²) in [5, 5.41) is 3.37. The average Bonchev–Trinajstić information content (AvgIpc) is 2.74. The largest absolute Gasteiger partial charge is 0.496 e. The first-order chi connectivity index (χ1) is 8.60. The van der Waals surface area contributed by atoms with Gasteiger partial charge >= 0.3 is 0 Å². The van der Waals surface area contributed by atoms with E-state index in [0.717, 1.165) is 10.4 Å². The molecule has 0 aliphatic heterocycles. The van der Waals surface area contributed by atoms with Gasteiger partial charge in [-0.3, -0.25) is 10.1 Å². The summed E-state index contributed by atoms with van der Waals surface area (Å²) >= 11 is 1.44. The lowest BCUT2D eigenvalue weighted by Gasteiger charge is -2.08. The minimum atomic E-state index is -0.204. The molecule has 0 saturated carbocycles. The van der Waals surface area contributed by atoms with Crippen molar-refractivity contribution in [2.24, 2.45) is 0 Å². The van der Waals surface area contributed by atoms with Crippen molar-refractivity contribution in [3.8, 4) is 5.75 Å². The summed E-state index contributed by atoms with van der Waals surface area (Å²) in [5.74, 6) is 0.358. The van der Waals surface area contributed by atoms with Crippen LogP contribution in [-0.2, 0) is 0 Å². The Balaban J connectivity index is 2.25. The van der Waals surface area contributed by atoms with E-state index in [1.54, 1.807) is 25.4 Å². The lowest BCUT2D eigenvalue weighted by molar-refractivity contribution is 0.102. The number of benzene rings is 1. The molecule has 2 aromatic rings. The van der Waals surface area contributed by atoms with Crippen LogP contribution in [0.3, 0.4) is 0 Å². The fourth-order valence-corrected chi connectivity index (χ4v) is 2.24. The molecular formula is C13H14N2O2S. The molecule has 1 N–H and O–H groups in total. The van der Waals surface area contributed by atoms with Gasteiger partial charge in [-0.15, -0.1) is 11.3 Å². The third kappa shape index (κ3) is 2.68. The summed E-state index contributed by atoms with van der Waals surface area (Å²) < 4.78 is 5.19. The van der Waals surface area contributed by atoms with E-state index in [1.165, 1.54) is 11.3 Å². The number of aryl methyl sites for hydroxylation is 2. The van der Waals surface area contributed by atoms with Crippen LogP contribution in [-0.4, -0.2) is 18.0 Å². The van der Waals surface area contributed by atoms with Crippen LogP contribution in [0.25, 0.3) is 0 Å². The Labute approximate surface area is 110 Å². The third-order valence-corrected chi connectivity index (χ3v) is 3.27. The van der Waals surface area contributed by atoms with Crippen LogP contribution in [0.4, 0.5) is 5.13 Å². The maximum atomic E-state index is 12.1. The van der Waals surface area contributed by atoms with E-state index < -0.39 is 0 Å². The van der Waals surface area contributed by atoms with Crippen molar-refractivity contribution in [1.82, 2.24) is 4.98 Å². The number of carbonyl (C=O) groups is 1. The summed E-state index contributed by atoms with van der Waals surface area (Å²) in [6.07, 6.45) is 1.73. The first-order valence-corrected chi connectivity index (χ1v) is 6.30. The van der Waals surface area contributed by atoms with Gasteiger partial charge in [0.05, 0.1) is 12.7 Å². The number of ether oxygens (including phenoxy) is 1. The van der Waals surface area contributed by atoms with Crippen molar-refractivity contribution in [3.05, 3.63) is 40.4 Å². The van der Waals surface area contributed by atoms with Crippen LogP contribution in [0, 0.1) is 13.8 Å². The van der Waals surface area contributed by atoms with E-state index in [-0.39, 0.29) is 5.91 Å².